The molecule has 2 aliphatic rings. The molecule has 0 radical (unpaired) electrons. The van der Waals surface area contributed by atoms with E-state index in [1.165, 1.54) is 6.07 Å². The lowest BCUT2D eigenvalue weighted by molar-refractivity contribution is -0.141. The topological polar surface area (TPSA) is 39.7 Å². The quantitative estimate of drug-likeness (QED) is 0.722. The van der Waals surface area contributed by atoms with Gasteiger partial charge in [0.05, 0.1) is 0 Å². The van der Waals surface area contributed by atoms with E-state index in [0.717, 1.165) is 58.1 Å². The number of nitrogens with zero attached hydrogens (tertiary/aromatic N) is 4. The molecular formula is C18H25F3N4O. The molecule has 2 saturated heterocycles. The van der Waals surface area contributed by atoms with Crippen molar-refractivity contribution in [1.29, 1.82) is 0 Å². The van der Waals surface area contributed by atoms with Crippen LogP contribution in [0.25, 0.3) is 0 Å². The van der Waals surface area contributed by atoms with Gasteiger partial charge in [-0.15, -0.1) is 0 Å². The van der Waals surface area contributed by atoms with Crippen molar-refractivity contribution in [3.05, 3.63) is 23.9 Å². The maximum absolute atomic E-state index is 12.8. The SMILES string of the molecule is O=C1CCCN1CCCCN1CCN(c2cccc(C(F)(F)F)n2)CC1. The number of alkyl halides is 3. The van der Waals surface area contributed by atoms with Crippen molar-refractivity contribution in [2.24, 2.45) is 0 Å². The van der Waals surface area contributed by atoms with Crippen molar-refractivity contribution < 1.29 is 18.0 Å². The van der Waals surface area contributed by atoms with Gasteiger partial charge in [-0.25, -0.2) is 4.98 Å². The van der Waals surface area contributed by atoms with Crippen LogP contribution < -0.4 is 4.90 Å². The van der Waals surface area contributed by atoms with Crippen molar-refractivity contribution in [1.82, 2.24) is 14.8 Å². The van der Waals surface area contributed by atoms with Gasteiger partial charge in [0.2, 0.25) is 5.91 Å². The molecule has 5 nitrogen and oxygen atoms in total. The van der Waals surface area contributed by atoms with Gasteiger partial charge in [0, 0.05) is 45.7 Å². The first-order chi connectivity index (χ1) is 12.4. The highest BCUT2D eigenvalue weighted by atomic mass is 19.4. The number of rotatable bonds is 6. The Hall–Kier alpha value is -1.83. The van der Waals surface area contributed by atoms with E-state index in [1.807, 2.05) is 9.80 Å². The summed E-state index contributed by atoms with van der Waals surface area (Å²) in [7, 11) is 0. The smallest absolute Gasteiger partial charge is 0.354 e. The van der Waals surface area contributed by atoms with E-state index >= 15 is 0 Å². The van der Waals surface area contributed by atoms with Crippen molar-refractivity contribution in [2.45, 2.75) is 31.9 Å². The third-order valence-electron chi connectivity index (χ3n) is 5.04. The highest BCUT2D eigenvalue weighted by Crippen LogP contribution is 2.29. The van der Waals surface area contributed by atoms with Crippen LogP contribution in [0.15, 0.2) is 18.2 Å². The van der Waals surface area contributed by atoms with E-state index in [4.69, 9.17) is 0 Å². The molecule has 2 aliphatic heterocycles. The molecule has 8 heteroatoms. The van der Waals surface area contributed by atoms with E-state index in [1.54, 1.807) is 6.07 Å². The lowest BCUT2D eigenvalue weighted by atomic mass is 10.2. The zero-order valence-electron chi connectivity index (χ0n) is 14.8. The molecule has 1 amide bonds. The second-order valence-electron chi connectivity index (χ2n) is 6.90. The van der Waals surface area contributed by atoms with Crippen LogP contribution in [-0.2, 0) is 11.0 Å². The van der Waals surface area contributed by atoms with Crippen LogP contribution in [0.3, 0.4) is 0 Å². The average Bonchev–Trinajstić information content (AvgIpc) is 3.04. The zero-order valence-corrected chi connectivity index (χ0v) is 14.8. The van der Waals surface area contributed by atoms with Crippen LogP contribution in [-0.4, -0.2) is 66.5 Å². The fourth-order valence-corrected chi connectivity index (χ4v) is 3.54. The highest BCUT2D eigenvalue weighted by Gasteiger charge is 2.33. The molecular weight excluding hydrogens is 345 g/mol. The molecule has 3 heterocycles. The van der Waals surface area contributed by atoms with Gasteiger partial charge in [0.25, 0.3) is 0 Å². The molecule has 0 N–H and O–H groups in total. The minimum atomic E-state index is -4.41. The summed E-state index contributed by atoms with van der Waals surface area (Å²) < 4.78 is 38.4. The summed E-state index contributed by atoms with van der Waals surface area (Å²) >= 11 is 0. The van der Waals surface area contributed by atoms with E-state index in [-0.39, 0.29) is 5.91 Å². The molecule has 1 aromatic heterocycles. The van der Waals surface area contributed by atoms with Crippen LogP contribution in [0.1, 0.15) is 31.4 Å². The third-order valence-corrected chi connectivity index (χ3v) is 5.04. The molecule has 0 saturated carbocycles. The number of carbonyl (C=O) groups excluding carboxylic acids is 1. The molecule has 0 bridgehead atoms. The van der Waals surface area contributed by atoms with Gasteiger partial charge in [0.1, 0.15) is 11.5 Å². The minimum absolute atomic E-state index is 0.271. The maximum Gasteiger partial charge on any atom is 0.433 e. The Labute approximate surface area is 151 Å². The molecule has 2 fully saturated rings. The largest absolute Gasteiger partial charge is 0.433 e. The summed E-state index contributed by atoms with van der Waals surface area (Å²) in [5, 5.41) is 0. The van der Waals surface area contributed by atoms with E-state index < -0.39 is 11.9 Å². The van der Waals surface area contributed by atoms with Gasteiger partial charge in [-0.05, 0) is 37.9 Å². The molecule has 0 aliphatic carbocycles. The van der Waals surface area contributed by atoms with E-state index in [0.29, 0.717) is 25.3 Å². The summed E-state index contributed by atoms with van der Waals surface area (Å²) in [6, 6.07) is 4.06. The lowest BCUT2D eigenvalue weighted by Crippen LogP contribution is -2.47. The molecule has 26 heavy (non-hydrogen) atoms. The van der Waals surface area contributed by atoms with Gasteiger partial charge in [0.15, 0.2) is 0 Å². The second-order valence-corrected chi connectivity index (χ2v) is 6.90. The number of unbranched alkanes of at least 4 members (excludes halogenated alkanes) is 1. The first kappa shape index (κ1) is 18.9. The predicted octanol–water partition coefficient (Wildman–Crippen LogP) is 2.63. The van der Waals surface area contributed by atoms with Crippen LogP contribution in [0.2, 0.25) is 0 Å². The Kier molecular flexibility index (Phi) is 6.01. The lowest BCUT2D eigenvalue weighted by Gasteiger charge is -2.35. The van der Waals surface area contributed by atoms with Crippen molar-refractivity contribution in [3.63, 3.8) is 0 Å². The molecule has 144 valence electrons. The molecule has 0 aromatic carbocycles. The average molecular weight is 370 g/mol. The normalized spacial score (nSPS) is 19.4. The number of likely N-dealkylation sites (tertiary alicyclic amines) is 1. The first-order valence-corrected chi connectivity index (χ1v) is 9.23. The first-order valence-electron chi connectivity index (χ1n) is 9.23. The molecule has 1 aromatic rings. The van der Waals surface area contributed by atoms with Gasteiger partial charge < -0.3 is 9.80 Å². The number of amides is 1. The molecule has 0 spiro atoms. The van der Waals surface area contributed by atoms with E-state index in [2.05, 4.69) is 9.88 Å². The number of piperazine rings is 1. The van der Waals surface area contributed by atoms with Crippen LogP contribution in [0.5, 0.6) is 0 Å². The second kappa shape index (κ2) is 8.24. The Morgan fingerprint density at radius 2 is 1.73 bits per heavy atom. The molecule has 0 atom stereocenters. The summed E-state index contributed by atoms with van der Waals surface area (Å²) in [6.07, 6.45) is -0.711. The number of halogens is 3. The standard InChI is InChI=1S/C18H25F3N4O/c19-18(20,21)15-5-3-6-16(22-15)24-13-11-23(12-14-24)8-1-2-9-25-10-4-7-17(25)26/h3,5-6H,1-2,4,7-14H2. The number of hydrogen-bond acceptors (Lipinski definition) is 4. The van der Waals surface area contributed by atoms with E-state index in [9.17, 15) is 18.0 Å². The Morgan fingerprint density at radius 3 is 2.38 bits per heavy atom. The van der Waals surface area contributed by atoms with Crippen LogP contribution >= 0.6 is 0 Å². The summed E-state index contributed by atoms with van der Waals surface area (Å²) in [6.45, 7) is 5.69. The van der Waals surface area contributed by atoms with Crippen molar-refractivity contribution in [2.75, 3.05) is 50.7 Å². The monoisotopic (exact) mass is 370 g/mol. The third kappa shape index (κ3) is 4.87. The Morgan fingerprint density at radius 1 is 1.00 bits per heavy atom. The maximum atomic E-state index is 12.8. The zero-order chi connectivity index (χ0) is 18.6. The van der Waals surface area contributed by atoms with Gasteiger partial charge in [-0.1, -0.05) is 6.07 Å². The van der Waals surface area contributed by atoms with Crippen LogP contribution in [0, 0.1) is 0 Å². The predicted molar refractivity (Wildman–Crippen MR) is 92.9 cm³/mol. The van der Waals surface area contributed by atoms with Gasteiger partial charge >= 0.3 is 6.18 Å². The Balaban J connectivity index is 1.39. The molecule has 0 unspecified atom stereocenters. The summed E-state index contributed by atoms with van der Waals surface area (Å²) in [5.74, 6) is 0.666. The highest BCUT2D eigenvalue weighted by molar-refractivity contribution is 5.77. The Bertz CT molecular complexity index is 615. The summed E-state index contributed by atoms with van der Waals surface area (Å²) in [5.41, 5.74) is -0.839. The van der Waals surface area contributed by atoms with Gasteiger partial charge in [-0.2, -0.15) is 13.2 Å². The fourth-order valence-electron chi connectivity index (χ4n) is 3.54. The minimum Gasteiger partial charge on any atom is -0.354 e. The van der Waals surface area contributed by atoms with Crippen molar-refractivity contribution in [3.8, 4) is 0 Å². The van der Waals surface area contributed by atoms with Gasteiger partial charge in [-0.3, -0.25) is 9.69 Å². The number of aromatic nitrogens is 1. The molecule has 3 rings (SSSR count). The van der Waals surface area contributed by atoms with Crippen molar-refractivity contribution >= 4 is 11.7 Å². The van der Waals surface area contributed by atoms with Crippen LogP contribution in [0.4, 0.5) is 19.0 Å². The summed E-state index contributed by atoms with van der Waals surface area (Å²) in [4.78, 5) is 21.5. The number of pyridine rings is 1. The number of anilines is 1. The number of carbonyl (C=O) groups is 1. The fraction of sp³-hybridized carbons (Fsp3) is 0.667. The number of hydrogen-bond donors (Lipinski definition) is 0.